The zero-order valence-corrected chi connectivity index (χ0v) is 8.80. The van der Waals surface area contributed by atoms with Gasteiger partial charge in [0.1, 0.15) is 18.6 Å². The van der Waals surface area contributed by atoms with Gasteiger partial charge in [-0.25, -0.2) is 0 Å². The van der Waals surface area contributed by atoms with Gasteiger partial charge in [0.15, 0.2) is 0 Å². The van der Waals surface area contributed by atoms with Crippen molar-refractivity contribution < 1.29 is 19.1 Å². The molecule has 0 aromatic carbocycles. The van der Waals surface area contributed by atoms with Crippen LogP contribution in [0.3, 0.4) is 0 Å². The van der Waals surface area contributed by atoms with E-state index >= 15 is 0 Å². The topological polar surface area (TPSA) is 103 Å². The van der Waals surface area contributed by atoms with Gasteiger partial charge in [0, 0.05) is 6.07 Å². The van der Waals surface area contributed by atoms with E-state index in [4.69, 9.17) is 20.0 Å². The molecule has 0 aliphatic rings. The highest BCUT2D eigenvalue weighted by Crippen LogP contribution is 2.07. The average molecular weight is 227 g/mol. The molecule has 1 aromatic heterocycles. The van der Waals surface area contributed by atoms with Crippen LogP contribution in [0.1, 0.15) is 12.7 Å². The molecule has 1 amide bonds. The maximum Gasteiger partial charge on any atom is 0.227 e. The van der Waals surface area contributed by atoms with Crippen molar-refractivity contribution in [3.63, 3.8) is 0 Å². The Kier molecular flexibility index (Phi) is 4.07. The lowest BCUT2D eigenvalue weighted by Gasteiger charge is -2.08. The zero-order valence-electron chi connectivity index (χ0n) is 8.80. The second-order valence-corrected chi connectivity index (χ2v) is 3.35. The van der Waals surface area contributed by atoms with Crippen LogP contribution in [0.2, 0.25) is 0 Å². The normalized spacial score (nSPS) is 12.1. The van der Waals surface area contributed by atoms with Crippen molar-refractivity contribution >= 4 is 5.91 Å². The minimum Gasteiger partial charge on any atom is -0.486 e. The Hall–Kier alpha value is -1.82. The largest absolute Gasteiger partial charge is 0.486 e. The fourth-order valence-corrected chi connectivity index (χ4v) is 0.924. The van der Waals surface area contributed by atoms with Gasteiger partial charge in [-0.2, -0.15) is 0 Å². The van der Waals surface area contributed by atoms with Crippen molar-refractivity contribution in [1.82, 2.24) is 0 Å². The summed E-state index contributed by atoms with van der Waals surface area (Å²) < 4.78 is 9.96. The Morgan fingerprint density at radius 2 is 2.38 bits per heavy atom. The monoisotopic (exact) mass is 227 g/mol. The van der Waals surface area contributed by atoms with Gasteiger partial charge in [-0.1, -0.05) is 6.92 Å². The van der Waals surface area contributed by atoms with Gasteiger partial charge in [0.25, 0.3) is 0 Å². The van der Waals surface area contributed by atoms with Gasteiger partial charge >= 0.3 is 0 Å². The summed E-state index contributed by atoms with van der Waals surface area (Å²) in [6.45, 7) is 1.25. The van der Waals surface area contributed by atoms with Gasteiger partial charge in [0.2, 0.25) is 17.1 Å². The molecule has 0 fully saturated rings. The molecule has 0 radical (unpaired) electrons. The van der Waals surface area contributed by atoms with Crippen LogP contribution in [0.5, 0.6) is 5.75 Å². The van der Waals surface area contributed by atoms with Gasteiger partial charge in [-0.05, 0) is 0 Å². The molecule has 1 heterocycles. The molecule has 16 heavy (non-hydrogen) atoms. The Morgan fingerprint density at radius 3 is 2.88 bits per heavy atom. The molecule has 1 rings (SSSR count). The van der Waals surface area contributed by atoms with Crippen molar-refractivity contribution in [1.29, 1.82) is 0 Å². The van der Waals surface area contributed by atoms with Crippen LogP contribution >= 0.6 is 0 Å². The maximum atomic E-state index is 11.4. The first-order valence-corrected chi connectivity index (χ1v) is 4.69. The SMILES string of the molecule is CC(COc1coc(CO)cc1=O)C(N)=O. The minimum atomic E-state index is -0.503. The van der Waals surface area contributed by atoms with E-state index in [0.29, 0.717) is 0 Å². The van der Waals surface area contributed by atoms with Gasteiger partial charge < -0.3 is 20.0 Å². The van der Waals surface area contributed by atoms with E-state index in [0.717, 1.165) is 12.3 Å². The summed E-state index contributed by atoms with van der Waals surface area (Å²) in [6, 6.07) is 1.13. The highest BCUT2D eigenvalue weighted by atomic mass is 16.5. The smallest absolute Gasteiger partial charge is 0.227 e. The zero-order chi connectivity index (χ0) is 12.1. The molecule has 0 aliphatic carbocycles. The van der Waals surface area contributed by atoms with Crippen LogP contribution in [0.25, 0.3) is 0 Å². The number of hydrogen-bond donors (Lipinski definition) is 2. The van der Waals surface area contributed by atoms with Crippen LogP contribution in [-0.4, -0.2) is 17.6 Å². The molecule has 3 N–H and O–H groups in total. The Labute approximate surface area is 91.6 Å². The summed E-state index contributed by atoms with van der Waals surface area (Å²) in [5.74, 6) is -0.848. The molecule has 6 heteroatoms. The van der Waals surface area contributed by atoms with Crippen LogP contribution in [0.4, 0.5) is 0 Å². The number of ether oxygens (including phenoxy) is 1. The lowest BCUT2D eigenvalue weighted by Crippen LogP contribution is -2.26. The molecular weight excluding hydrogens is 214 g/mol. The number of carbonyl (C=O) groups excluding carboxylic acids is 1. The first-order valence-electron chi connectivity index (χ1n) is 4.69. The fourth-order valence-electron chi connectivity index (χ4n) is 0.924. The van der Waals surface area contributed by atoms with Gasteiger partial charge in [-0.3, -0.25) is 9.59 Å². The fraction of sp³-hybridized carbons (Fsp3) is 0.400. The lowest BCUT2D eigenvalue weighted by atomic mass is 10.2. The molecule has 0 spiro atoms. The standard InChI is InChI=1S/C10H13NO5/c1-6(10(11)14)4-16-9-5-15-7(3-12)2-8(9)13/h2,5-6,12H,3-4H2,1H3,(H2,11,14). The third-order valence-corrected chi connectivity index (χ3v) is 1.98. The first kappa shape index (κ1) is 12.3. The molecule has 1 atom stereocenters. The predicted octanol–water partition coefficient (Wildman–Crippen LogP) is -0.368. The highest BCUT2D eigenvalue weighted by Gasteiger charge is 2.11. The molecule has 0 saturated heterocycles. The molecule has 6 nitrogen and oxygen atoms in total. The van der Waals surface area contributed by atoms with E-state index in [9.17, 15) is 9.59 Å². The van der Waals surface area contributed by atoms with Crippen LogP contribution in [0.15, 0.2) is 21.5 Å². The summed E-state index contributed by atoms with van der Waals surface area (Å²) in [4.78, 5) is 22.1. The summed E-state index contributed by atoms with van der Waals surface area (Å²) >= 11 is 0. The van der Waals surface area contributed by atoms with E-state index in [1.165, 1.54) is 0 Å². The average Bonchev–Trinajstić information content (AvgIpc) is 2.26. The minimum absolute atomic E-state index is 0.00898. The van der Waals surface area contributed by atoms with Crippen molar-refractivity contribution in [2.45, 2.75) is 13.5 Å². The maximum absolute atomic E-state index is 11.4. The quantitative estimate of drug-likeness (QED) is 0.714. The summed E-state index contributed by atoms with van der Waals surface area (Å²) in [6.07, 6.45) is 1.10. The molecule has 0 bridgehead atoms. The summed E-state index contributed by atoms with van der Waals surface area (Å²) in [5.41, 5.74) is 4.62. The highest BCUT2D eigenvalue weighted by molar-refractivity contribution is 5.76. The van der Waals surface area contributed by atoms with Crippen LogP contribution in [0, 0.1) is 5.92 Å². The van der Waals surface area contributed by atoms with Crippen molar-refractivity contribution in [2.75, 3.05) is 6.61 Å². The number of primary amides is 1. The number of aliphatic hydroxyl groups is 1. The lowest BCUT2D eigenvalue weighted by molar-refractivity contribution is -0.122. The van der Waals surface area contributed by atoms with E-state index in [1.54, 1.807) is 6.92 Å². The van der Waals surface area contributed by atoms with Crippen molar-refractivity contribution in [3.05, 3.63) is 28.3 Å². The van der Waals surface area contributed by atoms with E-state index < -0.39 is 17.3 Å². The summed E-state index contributed by atoms with van der Waals surface area (Å²) in [7, 11) is 0. The van der Waals surface area contributed by atoms with Gasteiger partial charge in [0.05, 0.1) is 12.5 Å². The molecule has 1 aromatic rings. The number of amides is 1. The van der Waals surface area contributed by atoms with E-state index in [2.05, 4.69) is 0 Å². The van der Waals surface area contributed by atoms with E-state index in [-0.39, 0.29) is 24.7 Å². The van der Waals surface area contributed by atoms with E-state index in [1.807, 2.05) is 0 Å². The second-order valence-electron chi connectivity index (χ2n) is 3.35. The van der Waals surface area contributed by atoms with Crippen LogP contribution in [-0.2, 0) is 11.4 Å². The summed E-state index contributed by atoms with van der Waals surface area (Å²) in [5, 5.41) is 8.71. The Balaban J connectivity index is 2.68. The van der Waals surface area contributed by atoms with Gasteiger partial charge in [-0.15, -0.1) is 0 Å². The third-order valence-electron chi connectivity index (χ3n) is 1.98. The number of rotatable bonds is 5. The Morgan fingerprint density at radius 1 is 1.69 bits per heavy atom. The number of hydrogen-bond acceptors (Lipinski definition) is 5. The number of carbonyl (C=O) groups is 1. The number of aliphatic hydroxyl groups excluding tert-OH is 1. The first-order chi connectivity index (χ1) is 7.54. The molecule has 1 unspecified atom stereocenters. The molecule has 0 aliphatic heterocycles. The van der Waals surface area contributed by atoms with Crippen molar-refractivity contribution in [3.8, 4) is 5.75 Å². The predicted molar refractivity (Wildman–Crippen MR) is 54.8 cm³/mol. The molecule has 88 valence electrons. The van der Waals surface area contributed by atoms with Crippen molar-refractivity contribution in [2.24, 2.45) is 11.7 Å². The second kappa shape index (κ2) is 5.32. The number of nitrogens with two attached hydrogens (primary N) is 1. The molecular formula is C10H13NO5. The Bertz CT molecular complexity index is 425. The third kappa shape index (κ3) is 3.09. The molecule has 0 saturated carbocycles. The van der Waals surface area contributed by atoms with Crippen LogP contribution < -0.4 is 15.9 Å².